The van der Waals surface area contributed by atoms with Crippen LogP contribution in [0.3, 0.4) is 0 Å². The molecule has 0 saturated carbocycles. The fraction of sp³-hybridized carbons (Fsp3) is 0.467. The minimum atomic E-state index is -0.999. The topological polar surface area (TPSA) is 69.6 Å². The average molecular weight is 278 g/mol. The van der Waals surface area contributed by atoms with E-state index in [1.807, 2.05) is 45.0 Å². The number of benzene rings is 1. The van der Waals surface area contributed by atoms with E-state index in [0.717, 1.165) is 11.3 Å². The van der Waals surface area contributed by atoms with Crippen molar-refractivity contribution in [3.8, 4) is 0 Å². The first-order valence-electron chi connectivity index (χ1n) is 6.87. The van der Waals surface area contributed by atoms with Gasteiger partial charge in [-0.2, -0.15) is 0 Å². The van der Waals surface area contributed by atoms with Crippen LogP contribution < -0.4 is 10.2 Å². The molecule has 0 bridgehead atoms. The number of urea groups is 1. The fourth-order valence-corrected chi connectivity index (χ4v) is 2.06. The van der Waals surface area contributed by atoms with Gasteiger partial charge in [-0.15, -0.1) is 0 Å². The van der Waals surface area contributed by atoms with E-state index in [2.05, 4.69) is 5.32 Å². The molecule has 5 nitrogen and oxygen atoms in total. The summed E-state index contributed by atoms with van der Waals surface area (Å²) in [7, 11) is 0. The van der Waals surface area contributed by atoms with E-state index in [0.29, 0.717) is 19.4 Å². The van der Waals surface area contributed by atoms with Crippen LogP contribution in [0, 0.1) is 6.92 Å². The van der Waals surface area contributed by atoms with Gasteiger partial charge in [0.15, 0.2) is 0 Å². The fourth-order valence-electron chi connectivity index (χ4n) is 2.06. The SMILES string of the molecule is CCCC(NC(=O)N(CC)c1ccccc1C)C(=O)O. The predicted molar refractivity (Wildman–Crippen MR) is 79.1 cm³/mol. The van der Waals surface area contributed by atoms with Crippen molar-refractivity contribution in [1.29, 1.82) is 0 Å². The molecule has 0 aromatic heterocycles. The van der Waals surface area contributed by atoms with Crippen molar-refractivity contribution in [2.45, 2.75) is 39.7 Å². The number of anilines is 1. The molecular formula is C15H22N2O3. The van der Waals surface area contributed by atoms with Crippen LogP contribution in [0.4, 0.5) is 10.5 Å². The molecule has 2 N–H and O–H groups in total. The van der Waals surface area contributed by atoms with E-state index < -0.39 is 12.0 Å². The Morgan fingerprint density at radius 1 is 1.30 bits per heavy atom. The van der Waals surface area contributed by atoms with Gasteiger partial charge in [0, 0.05) is 12.2 Å². The summed E-state index contributed by atoms with van der Waals surface area (Å²) in [5.41, 5.74) is 1.78. The van der Waals surface area contributed by atoms with Crippen LogP contribution in [0.15, 0.2) is 24.3 Å². The second-order valence-electron chi connectivity index (χ2n) is 4.66. The first-order valence-corrected chi connectivity index (χ1v) is 6.87. The highest BCUT2D eigenvalue weighted by Gasteiger charge is 2.23. The van der Waals surface area contributed by atoms with Crippen LogP contribution in [-0.2, 0) is 4.79 Å². The second kappa shape index (κ2) is 7.53. The summed E-state index contributed by atoms with van der Waals surface area (Å²) in [4.78, 5) is 24.9. The number of carboxylic acid groups (broad SMARTS) is 1. The molecular weight excluding hydrogens is 256 g/mol. The smallest absolute Gasteiger partial charge is 0.326 e. The highest BCUT2D eigenvalue weighted by Crippen LogP contribution is 2.19. The largest absolute Gasteiger partial charge is 0.480 e. The number of para-hydroxylation sites is 1. The van der Waals surface area contributed by atoms with Crippen molar-refractivity contribution in [2.24, 2.45) is 0 Å². The number of carbonyl (C=O) groups is 2. The summed E-state index contributed by atoms with van der Waals surface area (Å²) < 4.78 is 0. The molecule has 1 aromatic rings. The molecule has 2 amide bonds. The number of nitrogens with one attached hydrogen (secondary N) is 1. The molecule has 1 unspecified atom stereocenters. The van der Waals surface area contributed by atoms with E-state index in [4.69, 9.17) is 5.11 Å². The first-order chi connectivity index (χ1) is 9.51. The maximum atomic E-state index is 12.3. The van der Waals surface area contributed by atoms with Gasteiger partial charge in [0.25, 0.3) is 0 Å². The van der Waals surface area contributed by atoms with Gasteiger partial charge in [0.2, 0.25) is 0 Å². The maximum absolute atomic E-state index is 12.3. The summed E-state index contributed by atoms with van der Waals surface area (Å²) in [6, 6.07) is 6.33. The molecule has 0 aliphatic rings. The lowest BCUT2D eigenvalue weighted by molar-refractivity contribution is -0.139. The van der Waals surface area contributed by atoms with Gasteiger partial charge in [-0.3, -0.25) is 4.90 Å². The Bertz CT molecular complexity index is 474. The molecule has 0 heterocycles. The highest BCUT2D eigenvalue weighted by molar-refractivity contribution is 5.95. The molecule has 0 radical (unpaired) electrons. The number of carbonyl (C=O) groups excluding carboxylic acids is 1. The lowest BCUT2D eigenvalue weighted by Gasteiger charge is -2.25. The van der Waals surface area contributed by atoms with Crippen molar-refractivity contribution in [2.75, 3.05) is 11.4 Å². The van der Waals surface area contributed by atoms with Crippen LogP contribution in [0.25, 0.3) is 0 Å². The lowest BCUT2D eigenvalue weighted by Crippen LogP contribution is -2.48. The third-order valence-corrected chi connectivity index (χ3v) is 3.14. The quantitative estimate of drug-likeness (QED) is 0.840. The van der Waals surface area contributed by atoms with Gasteiger partial charge in [-0.05, 0) is 31.9 Å². The number of carboxylic acids is 1. The zero-order chi connectivity index (χ0) is 15.1. The van der Waals surface area contributed by atoms with Gasteiger partial charge < -0.3 is 10.4 Å². The Morgan fingerprint density at radius 3 is 2.45 bits per heavy atom. The number of aryl methyl sites for hydroxylation is 1. The Morgan fingerprint density at radius 2 is 1.95 bits per heavy atom. The highest BCUT2D eigenvalue weighted by atomic mass is 16.4. The molecule has 0 saturated heterocycles. The van der Waals surface area contributed by atoms with Crippen molar-refractivity contribution < 1.29 is 14.7 Å². The van der Waals surface area contributed by atoms with Gasteiger partial charge >= 0.3 is 12.0 Å². The molecule has 0 aliphatic carbocycles. The predicted octanol–water partition coefficient (Wildman–Crippen LogP) is 2.78. The van der Waals surface area contributed by atoms with Gasteiger partial charge in [0.1, 0.15) is 6.04 Å². The standard InChI is InChI=1S/C15H22N2O3/c1-4-8-12(14(18)19)16-15(20)17(5-2)13-10-7-6-9-11(13)3/h6-7,9-10,12H,4-5,8H2,1-3H3,(H,16,20)(H,18,19). The summed E-state index contributed by atoms with van der Waals surface area (Å²) >= 11 is 0. The van der Waals surface area contributed by atoms with Gasteiger partial charge in [-0.25, -0.2) is 9.59 Å². The molecule has 1 atom stereocenters. The summed E-state index contributed by atoms with van der Waals surface area (Å²) in [6.07, 6.45) is 1.13. The normalized spacial score (nSPS) is 11.8. The van der Waals surface area contributed by atoms with Crippen molar-refractivity contribution in [1.82, 2.24) is 5.32 Å². The molecule has 1 aromatic carbocycles. The number of aliphatic carboxylic acids is 1. The molecule has 20 heavy (non-hydrogen) atoms. The van der Waals surface area contributed by atoms with Crippen molar-refractivity contribution in [3.63, 3.8) is 0 Å². The Balaban J connectivity index is 2.87. The molecule has 5 heteroatoms. The Hall–Kier alpha value is -2.04. The lowest BCUT2D eigenvalue weighted by atomic mass is 10.1. The minimum absolute atomic E-state index is 0.373. The number of hydrogen-bond acceptors (Lipinski definition) is 2. The summed E-state index contributed by atoms with van der Waals surface area (Å²) in [5.74, 6) is -0.999. The Kier molecular flexibility index (Phi) is 6.03. The van der Waals surface area contributed by atoms with E-state index in [1.165, 1.54) is 0 Å². The number of rotatable bonds is 6. The van der Waals surface area contributed by atoms with Crippen molar-refractivity contribution >= 4 is 17.7 Å². The maximum Gasteiger partial charge on any atom is 0.326 e. The van der Waals surface area contributed by atoms with Crippen molar-refractivity contribution in [3.05, 3.63) is 29.8 Å². The monoisotopic (exact) mass is 278 g/mol. The molecule has 0 spiro atoms. The molecule has 0 aliphatic heterocycles. The van der Waals surface area contributed by atoms with E-state index in [-0.39, 0.29) is 6.03 Å². The van der Waals surface area contributed by atoms with Crippen LogP contribution >= 0.6 is 0 Å². The molecule has 1 rings (SSSR count). The number of amides is 2. The number of hydrogen-bond donors (Lipinski definition) is 2. The third kappa shape index (κ3) is 3.98. The van der Waals surface area contributed by atoms with E-state index >= 15 is 0 Å². The van der Waals surface area contributed by atoms with E-state index in [1.54, 1.807) is 4.90 Å². The van der Waals surface area contributed by atoms with Crippen LogP contribution in [-0.4, -0.2) is 29.7 Å². The molecule has 0 fully saturated rings. The zero-order valence-electron chi connectivity index (χ0n) is 12.2. The first kappa shape index (κ1) is 16.0. The minimum Gasteiger partial charge on any atom is -0.480 e. The van der Waals surface area contributed by atoms with E-state index in [9.17, 15) is 9.59 Å². The summed E-state index contributed by atoms with van der Waals surface area (Å²) in [6.45, 7) is 6.16. The summed E-state index contributed by atoms with van der Waals surface area (Å²) in [5, 5.41) is 11.7. The molecule has 110 valence electrons. The van der Waals surface area contributed by atoms with Crippen LogP contribution in [0.2, 0.25) is 0 Å². The zero-order valence-corrected chi connectivity index (χ0v) is 12.2. The average Bonchev–Trinajstić information content (AvgIpc) is 2.41. The second-order valence-corrected chi connectivity index (χ2v) is 4.66. The van der Waals surface area contributed by atoms with Crippen LogP contribution in [0.5, 0.6) is 0 Å². The Labute approximate surface area is 119 Å². The van der Waals surface area contributed by atoms with Gasteiger partial charge in [-0.1, -0.05) is 31.5 Å². The third-order valence-electron chi connectivity index (χ3n) is 3.14. The number of nitrogens with zero attached hydrogens (tertiary/aromatic N) is 1. The van der Waals surface area contributed by atoms with Crippen LogP contribution in [0.1, 0.15) is 32.3 Å². The van der Waals surface area contributed by atoms with Gasteiger partial charge in [0.05, 0.1) is 0 Å².